The number of halogens is 1. The molecule has 6 aromatic rings. The van der Waals surface area contributed by atoms with E-state index in [1.54, 1.807) is 43.4 Å². The quantitative estimate of drug-likeness (QED) is 0.413. The first kappa shape index (κ1) is 19.9. The lowest BCUT2D eigenvalue weighted by Gasteiger charge is -2.13. The Hall–Kier alpha value is -4.73. The lowest BCUT2D eigenvalue weighted by molar-refractivity contribution is 0.638. The third-order valence-corrected chi connectivity index (χ3v) is 5.67. The fourth-order valence-corrected chi connectivity index (χ4v) is 3.94. The molecular weight excluding hydrogens is 433 g/mol. The summed E-state index contributed by atoms with van der Waals surface area (Å²) in [7, 11) is 3.80. The average Bonchev–Trinajstić information content (AvgIpc) is 3.49. The fourth-order valence-electron chi connectivity index (χ4n) is 3.94. The van der Waals surface area contributed by atoms with E-state index in [0.29, 0.717) is 33.5 Å². The molecule has 10 heteroatoms. The van der Waals surface area contributed by atoms with Crippen molar-refractivity contribution < 1.29 is 4.39 Å². The Morgan fingerprint density at radius 2 is 1.68 bits per heavy atom. The summed E-state index contributed by atoms with van der Waals surface area (Å²) in [5.74, 6) is -0.0623. The van der Waals surface area contributed by atoms with E-state index in [1.807, 2.05) is 37.2 Å². The van der Waals surface area contributed by atoms with E-state index in [9.17, 15) is 0 Å². The Labute approximate surface area is 192 Å². The van der Waals surface area contributed by atoms with Crippen molar-refractivity contribution in [1.82, 2.24) is 40.1 Å². The summed E-state index contributed by atoms with van der Waals surface area (Å²) in [6.45, 7) is 0. The van der Waals surface area contributed by atoms with Gasteiger partial charge >= 0.3 is 0 Å². The molecule has 6 heterocycles. The van der Waals surface area contributed by atoms with Crippen molar-refractivity contribution in [2.75, 3.05) is 19.0 Å². The molecule has 0 spiro atoms. The standard InChI is InChI=1S/C24H18FN9/c1-34(2)15-7-14(8-27-9-15)21-20(25)19-17(12-29-21)32-33-23(19)24-30-18-11-28-10-16(22(18)31-24)13-3-5-26-6-4-13/h3-12H,1-2H3,(H,30,31)(H,32,33). The predicted octanol–water partition coefficient (Wildman–Crippen LogP) is 4.23. The number of hydrogen-bond donors (Lipinski definition) is 2. The molecule has 166 valence electrons. The van der Waals surface area contributed by atoms with E-state index in [0.717, 1.165) is 22.3 Å². The normalized spacial score (nSPS) is 11.4. The number of nitrogens with zero attached hydrogens (tertiary/aromatic N) is 7. The number of aromatic amines is 2. The average molecular weight is 451 g/mol. The molecule has 0 saturated carbocycles. The van der Waals surface area contributed by atoms with Gasteiger partial charge in [0.25, 0.3) is 0 Å². The Kier molecular flexibility index (Phi) is 4.51. The monoisotopic (exact) mass is 451 g/mol. The van der Waals surface area contributed by atoms with Gasteiger partial charge in [-0.3, -0.25) is 25.0 Å². The molecule has 0 unspecified atom stereocenters. The van der Waals surface area contributed by atoms with Gasteiger partial charge in [0.1, 0.15) is 11.4 Å². The first-order chi connectivity index (χ1) is 16.6. The van der Waals surface area contributed by atoms with Crippen molar-refractivity contribution >= 4 is 27.6 Å². The van der Waals surface area contributed by atoms with Crippen LogP contribution in [0.15, 0.2) is 61.6 Å². The number of rotatable bonds is 4. The van der Waals surface area contributed by atoms with Crippen molar-refractivity contribution in [2.45, 2.75) is 0 Å². The number of fused-ring (bicyclic) bond motifs is 2. The second-order valence-electron chi connectivity index (χ2n) is 8.01. The molecule has 6 aromatic heterocycles. The van der Waals surface area contributed by atoms with E-state index < -0.39 is 5.82 Å². The number of hydrogen-bond acceptors (Lipinski definition) is 7. The van der Waals surface area contributed by atoms with Gasteiger partial charge in [0.2, 0.25) is 0 Å². The lowest BCUT2D eigenvalue weighted by Crippen LogP contribution is -2.09. The van der Waals surface area contributed by atoms with Gasteiger partial charge in [-0.1, -0.05) is 0 Å². The molecular formula is C24H18FN9. The first-order valence-corrected chi connectivity index (χ1v) is 10.5. The molecule has 0 aliphatic rings. The van der Waals surface area contributed by atoms with Crippen LogP contribution < -0.4 is 4.90 Å². The lowest BCUT2D eigenvalue weighted by atomic mass is 10.1. The fraction of sp³-hybridized carbons (Fsp3) is 0.0833. The van der Waals surface area contributed by atoms with Crippen LogP contribution in [0.1, 0.15) is 0 Å². The summed E-state index contributed by atoms with van der Waals surface area (Å²) in [6, 6.07) is 5.63. The number of aromatic nitrogens is 8. The van der Waals surface area contributed by atoms with E-state index in [-0.39, 0.29) is 5.69 Å². The molecule has 0 fully saturated rings. The third kappa shape index (κ3) is 3.15. The SMILES string of the molecule is CN(C)c1cncc(-c2ncc3[nH]nc(-c4nc5c(-c6ccncc6)cncc5[nH]4)c3c2F)c1. The summed E-state index contributed by atoms with van der Waals surface area (Å²) in [5, 5.41) is 7.52. The smallest absolute Gasteiger partial charge is 0.161 e. The van der Waals surface area contributed by atoms with Crippen LogP contribution in [-0.4, -0.2) is 54.2 Å². The maximum Gasteiger partial charge on any atom is 0.161 e. The zero-order chi connectivity index (χ0) is 23.2. The van der Waals surface area contributed by atoms with E-state index in [4.69, 9.17) is 4.98 Å². The molecule has 0 aromatic carbocycles. The highest BCUT2D eigenvalue weighted by atomic mass is 19.1. The number of pyridine rings is 4. The minimum Gasteiger partial charge on any atom is -0.376 e. The molecule has 0 bridgehead atoms. The van der Waals surface area contributed by atoms with Gasteiger partial charge in [-0.25, -0.2) is 9.37 Å². The molecule has 34 heavy (non-hydrogen) atoms. The number of anilines is 1. The van der Waals surface area contributed by atoms with E-state index in [2.05, 4.69) is 35.1 Å². The Morgan fingerprint density at radius 1 is 0.853 bits per heavy atom. The predicted molar refractivity (Wildman–Crippen MR) is 128 cm³/mol. The Balaban J connectivity index is 1.52. The van der Waals surface area contributed by atoms with Gasteiger partial charge < -0.3 is 9.88 Å². The Morgan fingerprint density at radius 3 is 2.50 bits per heavy atom. The van der Waals surface area contributed by atoms with Gasteiger partial charge in [-0.15, -0.1) is 0 Å². The third-order valence-electron chi connectivity index (χ3n) is 5.67. The minimum absolute atomic E-state index is 0.196. The maximum atomic E-state index is 15.8. The molecule has 0 amide bonds. The highest BCUT2D eigenvalue weighted by Crippen LogP contribution is 2.34. The number of imidazole rings is 1. The summed E-state index contributed by atoms with van der Waals surface area (Å²) in [6.07, 6.45) is 11.7. The number of nitrogens with one attached hydrogen (secondary N) is 2. The van der Waals surface area contributed by atoms with Gasteiger partial charge in [0.15, 0.2) is 11.6 Å². The molecule has 0 atom stereocenters. The van der Waals surface area contributed by atoms with E-state index in [1.165, 1.54) is 0 Å². The van der Waals surface area contributed by atoms with Crippen LogP contribution in [0.4, 0.5) is 10.1 Å². The zero-order valence-electron chi connectivity index (χ0n) is 18.3. The zero-order valence-corrected chi connectivity index (χ0v) is 18.3. The van der Waals surface area contributed by atoms with Crippen LogP contribution in [0.2, 0.25) is 0 Å². The molecule has 9 nitrogen and oxygen atoms in total. The number of H-pyrrole nitrogens is 2. The summed E-state index contributed by atoms with van der Waals surface area (Å²) in [4.78, 5) is 26.9. The van der Waals surface area contributed by atoms with Gasteiger partial charge in [0.05, 0.1) is 46.2 Å². The van der Waals surface area contributed by atoms with Crippen molar-refractivity contribution in [3.8, 4) is 33.9 Å². The molecule has 0 aliphatic heterocycles. The van der Waals surface area contributed by atoms with Crippen LogP contribution in [0, 0.1) is 5.82 Å². The Bertz CT molecular complexity index is 1650. The molecule has 6 rings (SSSR count). The second-order valence-corrected chi connectivity index (χ2v) is 8.01. The maximum absolute atomic E-state index is 15.8. The van der Waals surface area contributed by atoms with Crippen LogP contribution in [0.5, 0.6) is 0 Å². The minimum atomic E-state index is -0.494. The van der Waals surface area contributed by atoms with Crippen LogP contribution in [-0.2, 0) is 0 Å². The van der Waals surface area contributed by atoms with Crippen molar-refractivity contribution in [3.05, 3.63) is 67.4 Å². The summed E-state index contributed by atoms with van der Waals surface area (Å²) in [5.41, 5.74) is 5.67. The summed E-state index contributed by atoms with van der Waals surface area (Å²) < 4.78 is 15.8. The molecule has 0 saturated heterocycles. The van der Waals surface area contributed by atoms with Crippen molar-refractivity contribution in [2.24, 2.45) is 0 Å². The van der Waals surface area contributed by atoms with E-state index >= 15 is 4.39 Å². The van der Waals surface area contributed by atoms with Crippen LogP contribution in [0.25, 0.3) is 55.8 Å². The largest absolute Gasteiger partial charge is 0.376 e. The highest BCUT2D eigenvalue weighted by molar-refractivity contribution is 5.97. The second kappa shape index (κ2) is 7.69. The van der Waals surface area contributed by atoms with Crippen molar-refractivity contribution in [3.63, 3.8) is 0 Å². The molecule has 0 aliphatic carbocycles. The van der Waals surface area contributed by atoms with Gasteiger partial charge in [0, 0.05) is 50.0 Å². The topological polar surface area (TPSA) is 112 Å². The van der Waals surface area contributed by atoms with Gasteiger partial charge in [-0.05, 0) is 23.8 Å². The molecule has 2 N–H and O–H groups in total. The van der Waals surface area contributed by atoms with Gasteiger partial charge in [-0.2, -0.15) is 5.10 Å². The van der Waals surface area contributed by atoms with Crippen molar-refractivity contribution in [1.29, 1.82) is 0 Å². The first-order valence-electron chi connectivity index (χ1n) is 10.5. The van der Waals surface area contributed by atoms with Crippen LogP contribution >= 0.6 is 0 Å². The van der Waals surface area contributed by atoms with Crippen LogP contribution in [0.3, 0.4) is 0 Å². The molecule has 0 radical (unpaired) electrons. The summed E-state index contributed by atoms with van der Waals surface area (Å²) >= 11 is 0. The highest BCUT2D eigenvalue weighted by Gasteiger charge is 2.21.